The molecule has 480 valence electrons. The van der Waals surface area contributed by atoms with E-state index in [2.05, 4.69) is 43.5 Å². The highest BCUT2D eigenvalue weighted by molar-refractivity contribution is 5.76. The molecule has 2 atom stereocenters. The topological polar surface area (TPSA) is 95.9 Å². The summed E-state index contributed by atoms with van der Waals surface area (Å²) in [6.07, 6.45) is 89.7. The highest BCUT2D eigenvalue weighted by Crippen LogP contribution is 2.19. The number of nitrogens with one attached hydrogen (secondary N) is 1. The number of esters is 1. The Labute approximate surface area is 507 Å². The van der Waals surface area contributed by atoms with E-state index in [9.17, 15) is 19.8 Å². The number of carbonyl (C=O) groups excluding carboxylic acids is 2. The van der Waals surface area contributed by atoms with Crippen LogP contribution >= 0.6 is 0 Å². The first-order valence-electron chi connectivity index (χ1n) is 37.1. The zero-order valence-electron chi connectivity index (χ0n) is 55.0. The summed E-state index contributed by atoms with van der Waals surface area (Å²) in [4.78, 5) is 24.6. The van der Waals surface area contributed by atoms with Crippen LogP contribution in [0.15, 0.2) is 24.3 Å². The fraction of sp³-hybridized carbons (Fsp3) is 0.920. The van der Waals surface area contributed by atoms with Gasteiger partial charge < -0.3 is 20.3 Å². The van der Waals surface area contributed by atoms with Crippen LogP contribution in [-0.4, -0.2) is 47.4 Å². The molecule has 3 N–H and O–H groups in total. The van der Waals surface area contributed by atoms with Gasteiger partial charge in [0.2, 0.25) is 5.91 Å². The van der Waals surface area contributed by atoms with E-state index >= 15 is 0 Å². The second-order valence-corrected chi connectivity index (χ2v) is 25.6. The molecule has 0 bridgehead atoms. The van der Waals surface area contributed by atoms with Gasteiger partial charge in [0.25, 0.3) is 0 Å². The van der Waals surface area contributed by atoms with E-state index in [-0.39, 0.29) is 18.5 Å². The van der Waals surface area contributed by atoms with Gasteiger partial charge in [-0.2, -0.15) is 0 Å². The second kappa shape index (κ2) is 70.8. The number of allylic oxidation sites excluding steroid dienone is 4. The maximum absolute atomic E-state index is 12.5. The quantitative estimate of drug-likeness (QED) is 0.0320. The summed E-state index contributed by atoms with van der Waals surface area (Å²) in [6.45, 7) is 4.98. The highest BCUT2D eigenvalue weighted by atomic mass is 16.5. The minimum Gasteiger partial charge on any atom is -0.466 e. The molecule has 1 amide bonds. The van der Waals surface area contributed by atoms with Crippen molar-refractivity contribution in [3.63, 3.8) is 0 Å². The van der Waals surface area contributed by atoms with Crippen molar-refractivity contribution >= 4 is 11.9 Å². The smallest absolute Gasteiger partial charge is 0.305 e. The normalized spacial score (nSPS) is 12.6. The van der Waals surface area contributed by atoms with Crippen LogP contribution in [0.4, 0.5) is 0 Å². The Bertz CT molecular complexity index is 1270. The van der Waals surface area contributed by atoms with E-state index in [0.29, 0.717) is 25.9 Å². The van der Waals surface area contributed by atoms with Crippen molar-refractivity contribution < 1.29 is 24.5 Å². The molecule has 81 heavy (non-hydrogen) atoms. The lowest BCUT2D eigenvalue weighted by Crippen LogP contribution is -2.45. The molecule has 0 fully saturated rings. The Balaban J connectivity index is 3.31. The minimum absolute atomic E-state index is 0.0176. The predicted molar refractivity (Wildman–Crippen MR) is 356 cm³/mol. The third-order valence-corrected chi connectivity index (χ3v) is 17.5. The van der Waals surface area contributed by atoms with Gasteiger partial charge in [-0.05, 0) is 77.0 Å². The summed E-state index contributed by atoms with van der Waals surface area (Å²) < 4.78 is 5.51. The molecule has 0 saturated carbocycles. The number of rotatable bonds is 70. The van der Waals surface area contributed by atoms with Crippen molar-refractivity contribution in [1.29, 1.82) is 0 Å². The van der Waals surface area contributed by atoms with Gasteiger partial charge in [0.15, 0.2) is 0 Å². The van der Waals surface area contributed by atoms with Crippen LogP contribution in [0.1, 0.15) is 418 Å². The van der Waals surface area contributed by atoms with E-state index in [1.54, 1.807) is 0 Å². The van der Waals surface area contributed by atoms with Crippen LogP contribution < -0.4 is 5.32 Å². The Hall–Kier alpha value is -1.66. The summed E-state index contributed by atoms with van der Waals surface area (Å²) in [7, 11) is 0. The van der Waals surface area contributed by atoms with Crippen molar-refractivity contribution in [1.82, 2.24) is 5.32 Å². The number of aliphatic hydroxyl groups excluding tert-OH is 2. The molecular weight excluding hydrogens is 995 g/mol. The molecule has 0 aliphatic rings. The first kappa shape index (κ1) is 79.3. The van der Waals surface area contributed by atoms with Crippen molar-refractivity contribution in [2.75, 3.05) is 13.2 Å². The number of aliphatic hydroxyl groups is 2. The average molecular weight is 1140 g/mol. The third-order valence-electron chi connectivity index (χ3n) is 17.5. The molecule has 0 aliphatic carbocycles. The van der Waals surface area contributed by atoms with Crippen molar-refractivity contribution in [3.8, 4) is 0 Å². The number of unbranched alkanes of at least 4 members (excludes halogenated alkanes) is 55. The number of ether oxygens (including phenoxy) is 1. The molecule has 0 saturated heterocycles. The van der Waals surface area contributed by atoms with Gasteiger partial charge >= 0.3 is 5.97 Å². The largest absolute Gasteiger partial charge is 0.466 e. The molecule has 0 aromatic carbocycles. The predicted octanol–water partition coefficient (Wildman–Crippen LogP) is 24.1. The van der Waals surface area contributed by atoms with Gasteiger partial charge in [0.05, 0.1) is 25.4 Å². The summed E-state index contributed by atoms with van der Waals surface area (Å²) in [5.41, 5.74) is 0. The number of hydrogen-bond acceptors (Lipinski definition) is 5. The Morgan fingerprint density at radius 1 is 0.333 bits per heavy atom. The molecule has 2 unspecified atom stereocenters. The Morgan fingerprint density at radius 2 is 0.580 bits per heavy atom. The van der Waals surface area contributed by atoms with E-state index in [0.717, 1.165) is 44.9 Å². The van der Waals surface area contributed by atoms with Gasteiger partial charge in [-0.15, -0.1) is 0 Å². The molecule has 6 nitrogen and oxygen atoms in total. The van der Waals surface area contributed by atoms with E-state index in [1.165, 1.54) is 340 Å². The molecule has 0 spiro atoms. The third kappa shape index (κ3) is 67.3. The van der Waals surface area contributed by atoms with E-state index in [4.69, 9.17) is 4.74 Å². The number of amides is 1. The monoisotopic (exact) mass is 1140 g/mol. The lowest BCUT2D eigenvalue weighted by atomic mass is 10.0. The SMILES string of the molecule is CCCCCCCC/C=C\CCCCCCCCCC(=O)OCCCCCCCCCCCCCCCC/C=C\CCCCCCCCCCCCCCCCCCCC(=O)NC(CO)C(O)CCCCCCCCCCCCCC. The Kier molecular flexibility index (Phi) is 69.4. The standard InChI is InChI=1S/C75H145NO5/c1-3-5-7-9-11-13-15-17-18-38-42-45-49-53-57-61-65-69-75(80)81-70-66-62-58-54-50-46-43-40-37-35-33-31-29-27-25-23-21-19-20-22-24-26-28-30-32-34-36-39-41-44-48-52-56-60-64-68-74(79)76-72(71-77)73(78)67-63-59-55-51-47-16-14-12-10-8-6-4-2/h17-18,21,23,72-73,77-78H,3-16,19-20,22,24-71H2,1-2H3,(H,76,79)/b18-17-,23-21-. The maximum atomic E-state index is 12.5. The van der Waals surface area contributed by atoms with Crippen molar-refractivity contribution in [2.24, 2.45) is 0 Å². The molecule has 0 rings (SSSR count). The lowest BCUT2D eigenvalue weighted by Gasteiger charge is -2.22. The molecule has 0 aliphatic heterocycles. The van der Waals surface area contributed by atoms with Crippen LogP contribution in [-0.2, 0) is 14.3 Å². The van der Waals surface area contributed by atoms with Gasteiger partial charge in [-0.25, -0.2) is 0 Å². The summed E-state index contributed by atoms with van der Waals surface area (Å²) in [6, 6.07) is -0.537. The van der Waals surface area contributed by atoms with Gasteiger partial charge in [0, 0.05) is 12.8 Å². The Morgan fingerprint density at radius 3 is 0.877 bits per heavy atom. The van der Waals surface area contributed by atoms with Gasteiger partial charge in [-0.3, -0.25) is 9.59 Å². The maximum Gasteiger partial charge on any atom is 0.305 e. The highest BCUT2D eigenvalue weighted by Gasteiger charge is 2.20. The molecule has 0 heterocycles. The fourth-order valence-corrected chi connectivity index (χ4v) is 11.8. The fourth-order valence-electron chi connectivity index (χ4n) is 11.8. The molecule has 0 aromatic rings. The van der Waals surface area contributed by atoms with Crippen LogP contribution in [0.25, 0.3) is 0 Å². The molecule has 0 radical (unpaired) electrons. The summed E-state index contributed by atoms with van der Waals surface area (Å²) in [5.74, 6) is -0.0121. The minimum atomic E-state index is -0.660. The molecule has 0 aromatic heterocycles. The van der Waals surface area contributed by atoms with Gasteiger partial charge in [-0.1, -0.05) is 353 Å². The van der Waals surface area contributed by atoms with Crippen LogP contribution in [0.5, 0.6) is 0 Å². The summed E-state index contributed by atoms with van der Waals surface area (Å²) >= 11 is 0. The first-order valence-corrected chi connectivity index (χ1v) is 37.1. The van der Waals surface area contributed by atoms with Crippen LogP contribution in [0.3, 0.4) is 0 Å². The number of carbonyl (C=O) groups is 2. The van der Waals surface area contributed by atoms with Crippen molar-refractivity contribution in [2.45, 2.75) is 431 Å². The average Bonchev–Trinajstić information content (AvgIpc) is 3.47. The lowest BCUT2D eigenvalue weighted by molar-refractivity contribution is -0.143. The van der Waals surface area contributed by atoms with Crippen LogP contribution in [0.2, 0.25) is 0 Å². The summed E-state index contributed by atoms with van der Waals surface area (Å²) in [5, 5.41) is 23.3. The van der Waals surface area contributed by atoms with E-state index < -0.39 is 12.1 Å². The van der Waals surface area contributed by atoms with Crippen LogP contribution in [0, 0.1) is 0 Å². The van der Waals surface area contributed by atoms with Crippen molar-refractivity contribution in [3.05, 3.63) is 24.3 Å². The zero-order chi connectivity index (χ0) is 58.5. The second-order valence-electron chi connectivity index (χ2n) is 25.6. The zero-order valence-corrected chi connectivity index (χ0v) is 55.0. The first-order chi connectivity index (χ1) is 40.0. The number of hydrogen-bond donors (Lipinski definition) is 3. The van der Waals surface area contributed by atoms with E-state index in [1.807, 2.05) is 0 Å². The van der Waals surface area contributed by atoms with Gasteiger partial charge in [0.1, 0.15) is 0 Å². The molecule has 6 heteroatoms. The molecular formula is C75H145NO5.